The fraction of sp³-hybridized carbons (Fsp3) is 0.250. The zero-order chi connectivity index (χ0) is 21.7. The Labute approximate surface area is 175 Å². The molecule has 1 N–H and O–H groups in total. The summed E-state index contributed by atoms with van der Waals surface area (Å²) in [5, 5.41) is 3.45. The van der Waals surface area contributed by atoms with E-state index in [4.69, 9.17) is 4.74 Å². The predicted molar refractivity (Wildman–Crippen MR) is 116 cm³/mol. The van der Waals surface area contributed by atoms with Gasteiger partial charge in [0.2, 0.25) is 11.7 Å². The van der Waals surface area contributed by atoms with Crippen LogP contribution in [0.2, 0.25) is 0 Å². The Morgan fingerprint density at radius 3 is 2.47 bits per heavy atom. The number of para-hydroxylation sites is 1. The Morgan fingerprint density at radius 1 is 1.07 bits per heavy atom. The summed E-state index contributed by atoms with van der Waals surface area (Å²) < 4.78 is 5.46. The van der Waals surface area contributed by atoms with Gasteiger partial charge in [-0.3, -0.25) is 14.6 Å². The lowest BCUT2D eigenvalue weighted by molar-refractivity contribution is -0.116. The number of nitrogens with one attached hydrogen (secondary N) is 1. The van der Waals surface area contributed by atoms with E-state index < -0.39 is 12.1 Å². The van der Waals surface area contributed by atoms with Crippen LogP contribution in [0.15, 0.2) is 54.6 Å². The van der Waals surface area contributed by atoms with Gasteiger partial charge in [0.1, 0.15) is 0 Å². The molecule has 3 aromatic rings. The van der Waals surface area contributed by atoms with Gasteiger partial charge < -0.3 is 10.1 Å². The Hall–Kier alpha value is -3.54. The topological polar surface area (TPSA) is 85.4 Å². The van der Waals surface area contributed by atoms with E-state index in [-0.39, 0.29) is 11.7 Å². The number of hydrogen-bond acceptors (Lipinski definition) is 5. The molecule has 0 saturated heterocycles. The van der Waals surface area contributed by atoms with Crippen molar-refractivity contribution in [2.24, 2.45) is 0 Å². The van der Waals surface area contributed by atoms with Gasteiger partial charge in [0, 0.05) is 28.8 Å². The van der Waals surface area contributed by atoms with Gasteiger partial charge in [0.05, 0.1) is 11.1 Å². The normalized spacial score (nSPS) is 11.7. The van der Waals surface area contributed by atoms with Crippen molar-refractivity contribution in [1.29, 1.82) is 0 Å². The molecule has 0 aliphatic carbocycles. The maximum Gasteiger partial charge on any atom is 0.339 e. The highest BCUT2D eigenvalue weighted by Crippen LogP contribution is 2.20. The van der Waals surface area contributed by atoms with Crippen LogP contribution in [0, 0.1) is 6.92 Å². The molecular weight excluding hydrogens is 380 g/mol. The first-order valence-electron chi connectivity index (χ1n) is 9.90. The molecule has 2 aromatic carbocycles. The molecule has 1 amide bonds. The van der Waals surface area contributed by atoms with E-state index in [9.17, 15) is 14.4 Å². The highest BCUT2D eigenvalue weighted by Gasteiger charge is 2.22. The number of nitrogens with zero attached hydrogens (tertiary/aromatic N) is 1. The monoisotopic (exact) mass is 404 g/mol. The Morgan fingerprint density at radius 2 is 1.77 bits per heavy atom. The largest absolute Gasteiger partial charge is 0.451 e. The highest BCUT2D eigenvalue weighted by molar-refractivity contribution is 6.06. The lowest BCUT2D eigenvalue weighted by Gasteiger charge is -2.14. The molecule has 1 aromatic heterocycles. The van der Waals surface area contributed by atoms with E-state index in [1.54, 1.807) is 50.2 Å². The summed E-state index contributed by atoms with van der Waals surface area (Å²) in [5.74, 6) is -0.954. The molecule has 0 aliphatic heterocycles. The molecule has 3 rings (SSSR count). The van der Waals surface area contributed by atoms with Gasteiger partial charge in [0.25, 0.3) is 0 Å². The van der Waals surface area contributed by atoms with E-state index in [2.05, 4.69) is 10.3 Å². The number of pyridine rings is 1. The number of esters is 1. The number of ether oxygens (including phenoxy) is 1. The van der Waals surface area contributed by atoms with Crippen molar-refractivity contribution in [1.82, 2.24) is 4.98 Å². The van der Waals surface area contributed by atoms with Gasteiger partial charge in [0.15, 0.2) is 6.10 Å². The quantitative estimate of drug-likeness (QED) is 0.455. The maximum absolute atomic E-state index is 12.7. The molecule has 6 heteroatoms. The molecular formula is C24H24N2O4. The Bertz CT molecular complexity index is 1090. The van der Waals surface area contributed by atoms with Gasteiger partial charge >= 0.3 is 5.97 Å². The number of fused-ring (bicyclic) bond motifs is 1. The molecule has 30 heavy (non-hydrogen) atoms. The van der Waals surface area contributed by atoms with E-state index in [1.807, 2.05) is 25.1 Å². The van der Waals surface area contributed by atoms with Crippen LogP contribution < -0.4 is 5.32 Å². The fourth-order valence-electron chi connectivity index (χ4n) is 3.16. The molecule has 0 spiro atoms. The summed E-state index contributed by atoms with van der Waals surface area (Å²) in [4.78, 5) is 41.5. The molecule has 1 atom stereocenters. The third-order valence-corrected chi connectivity index (χ3v) is 4.65. The number of ketones is 1. The van der Waals surface area contributed by atoms with E-state index >= 15 is 0 Å². The minimum Gasteiger partial charge on any atom is -0.451 e. The number of rotatable bonds is 7. The molecule has 0 unspecified atom stereocenters. The van der Waals surface area contributed by atoms with Gasteiger partial charge in [-0.1, -0.05) is 25.1 Å². The van der Waals surface area contributed by atoms with Gasteiger partial charge in [-0.2, -0.15) is 0 Å². The number of hydrogen-bond donors (Lipinski definition) is 1. The first-order chi connectivity index (χ1) is 14.4. The molecule has 0 saturated carbocycles. The molecule has 0 aliphatic rings. The zero-order valence-corrected chi connectivity index (χ0v) is 17.3. The SMILES string of the molecule is CCCC(=O)Nc1ccc(C(=O)[C@H](C)OC(=O)c2cc(C)nc3ccccc23)cc1. The van der Waals surface area contributed by atoms with E-state index in [0.29, 0.717) is 39.8 Å². The van der Waals surface area contributed by atoms with Crippen LogP contribution in [-0.4, -0.2) is 28.7 Å². The summed E-state index contributed by atoms with van der Waals surface area (Å²) in [6.45, 7) is 5.28. The first kappa shape index (κ1) is 21.2. The molecule has 6 nitrogen and oxygen atoms in total. The predicted octanol–water partition coefficient (Wildman–Crippen LogP) is 4.71. The van der Waals surface area contributed by atoms with Gasteiger partial charge in [-0.15, -0.1) is 0 Å². The van der Waals surface area contributed by atoms with Crippen molar-refractivity contribution >= 4 is 34.3 Å². The van der Waals surface area contributed by atoms with Gasteiger partial charge in [-0.25, -0.2) is 4.79 Å². The lowest BCUT2D eigenvalue weighted by Crippen LogP contribution is -2.24. The van der Waals surface area contributed by atoms with Crippen molar-refractivity contribution in [3.8, 4) is 0 Å². The molecule has 0 radical (unpaired) electrons. The molecule has 0 fully saturated rings. The lowest BCUT2D eigenvalue weighted by atomic mass is 10.1. The second-order valence-electron chi connectivity index (χ2n) is 7.12. The number of anilines is 1. The summed E-state index contributed by atoms with van der Waals surface area (Å²) in [5.41, 5.74) is 2.80. The van der Waals surface area contributed by atoms with E-state index in [0.717, 1.165) is 6.42 Å². The fourth-order valence-corrected chi connectivity index (χ4v) is 3.16. The zero-order valence-electron chi connectivity index (χ0n) is 17.3. The first-order valence-corrected chi connectivity index (χ1v) is 9.90. The number of carbonyl (C=O) groups excluding carboxylic acids is 3. The number of benzene rings is 2. The van der Waals surface area contributed by atoms with Crippen LogP contribution in [0.5, 0.6) is 0 Å². The van der Waals surface area contributed by atoms with E-state index in [1.165, 1.54) is 0 Å². The van der Waals surface area contributed by atoms with Crippen molar-refractivity contribution in [2.45, 2.75) is 39.7 Å². The Kier molecular flexibility index (Phi) is 6.57. The van der Waals surface area contributed by atoms with Crippen LogP contribution in [0.25, 0.3) is 10.9 Å². The highest BCUT2D eigenvalue weighted by atomic mass is 16.5. The molecule has 1 heterocycles. The molecule has 0 bridgehead atoms. The number of amides is 1. The summed E-state index contributed by atoms with van der Waals surface area (Å²) in [7, 11) is 0. The second kappa shape index (κ2) is 9.31. The smallest absolute Gasteiger partial charge is 0.339 e. The maximum atomic E-state index is 12.7. The average molecular weight is 404 g/mol. The van der Waals surface area contributed by atoms with Gasteiger partial charge in [-0.05, 0) is 56.7 Å². The van der Waals surface area contributed by atoms with Crippen LogP contribution in [0.4, 0.5) is 5.69 Å². The number of aryl methyl sites for hydroxylation is 1. The van der Waals surface area contributed by atoms with Crippen LogP contribution in [-0.2, 0) is 9.53 Å². The summed E-state index contributed by atoms with van der Waals surface area (Å²) >= 11 is 0. The number of aromatic nitrogens is 1. The van der Waals surface area contributed by atoms with Crippen molar-refractivity contribution in [3.05, 3.63) is 71.4 Å². The minimum absolute atomic E-state index is 0.0706. The minimum atomic E-state index is -0.953. The second-order valence-corrected chi connectivity index (χ2v) is 7.12. The average Bonchev–Trinajstić information content (AvgIpc) is 2.73. The summed E-state index contributed by atoms with van der Waals surface area (Å²) in [6, 6.07) is 15.5. The van der Waals surface area contributed by atoms with Crippen LogP contribution in [0.3, 0.4) is 0 Å². The number of Topliss-reactive ketones (excluding diaryl/α,β-unsaturated/α-hetero) is 1. The van der Waals surface area contributed by atoms with Crippen molar-refractivity contribution in [3.63, 3.8) is 0 Å². The molecule has 154 valence electrons. The van der Waals surface area contributed by atoms with Crippen LogP contribution in [0.1, 0.15) is 53.1 Å². The summed E-state index contributed by atoms with van der Waals surface area (Å²) in [6.07, 6.45) is 0.249. The van der Waals surface area contributed by atoms with Crippen molar-refractivity contribution < 1.29 is 19.1 Å². The number of carbonyl (C=O) groups is 3. The van der Waals surface area contributed by atoms with Crippen molar-refractivity contribution in [2.75, 3.05) is 5.32 Å². The third kappa shape index (κ3) is 4.89. The third-order valence-electron chi connectivity index (χ3n) is 4.65. The standard InChI is InChI=1S/C24H24N2O4/c1-4-7-22(27)26-18-12-10-17(11-13-18)23(28)16(3)30-24(29)20-14-15(2)25-21-9-6-5-8-19(20)21/h5-6,8-14,16H,4,7H2,1-3H3,(H,26,27)/t16-/m0/s1. The Balaban J connectivity index is 1.71. The van der Waals surface area contributed by atoms with Crippen LogP contribution >= 0.6 is 0 Å².